The minimum Gasteiger partial charge on any atom is -0.326 e. The number of amides is 1. The Bertz CT molecular complexity index is 907. The van der Waals surface area contributed by atoms with Crippen LogP contribution < -0.4 is 5.32 Å². The van der Waals surface area contributed by atoms with Crippen molar-refractivity contribution in [2.75, 3.05) is 5.32 Å². The van der Waals surface area contributed by atoms with Crippen molar-refractivity contribution in [1.82, 2.24) is 0 Å². The van der Waals surface area contributed by atoms with Gasteiger partial charge in [0.2, 0.25) is 11.7 Å². The number of rotatable bonds is 6. The molecule has 136 valence electrons. The van der Waals surface area contributed by atoms with Crippen molar-refractivity contribution in [3.63, 3.8) is 0 Å². The summed E-state index contributed by atoms with van der Waals surface area (Å²) < 4.78 is 13.5. The van der Waals surface area contributed by atoms with Crippen molar-refractivity contribution in [1.29, 1.82) is 0 Å². The van der Waals surface area contributed by atoms with Gasteiger partial charge in [0.05, 0.1) is 4.92 Å². The standard InChI is InChI=1S/C21H17FN2O3/c22-19-12-11-17(13-20(19)24(26)27)23-21(25)14-18(15-7-3-1-4-8-15)16-9-5-2-6-10-16/h1-13,18H,14H2,(H,23,25). The largest absolute Gasteiger partial charge is 0.326 e. The number of nitrogens with one attached hydrogen (secondary N) is 1. The summed E-state index contributed by atoms with van der Waals surface area (Å²) in [4.78, 5) is 22.6. The Kier molecular flexibility index (Phi) is 5.56. The summed E-state index contributed by atoms with van der Waals surface area (Å²) in [5, 5.41) is 13.5. The Morgan fingerprint density at radius 3 is 2.04 bits per heavy atom. The molecule has 6 heteroatoms. The van der Waals surface area contributed by atoms with Crippen LogP contribution in [0.5, 0.6) is 0 Å². The fraction of sp³-hybridized carbons (Fsp3) is 0.0952. The Morgan fingerprint density at radius 2 is 1.52 bits per heavy atom. The van der Waals surface area contributed by atoms with Gasteiger partial charge < -0.3 is 5.32 Å². The molecule has 0 saturated carbocycles. The van der Waals surface area contributed by atoms with Crippen molar-refractivity contribution in [3.8, 4) is 0 Å². The second kappa shape index (κ2) is 8.23. The topological polar surface area (TPSA) is 72.2 Å². The van der Waals surface area contributed by atoms with E-state index in [4.69, 9.17) is 0 Å². The smallest absolute Gasteiger partial charge is 0.306 e. The van der Waals surface area contributed by atoms with Gasteiger partial charge in [-0.05, 0) is 23.3 Å². The molecular formula is C21H17FN2O3. The minimum absolute atomic E-state index is 0.152. The van der Waals surface area contributed by atoms with Gasteiger partial charge in [-0.3, -0.25) is 14.9 Å². The van der Waals surface area contributed by atoms with Crippen molar-refractivity contribution in [2.24, 2.45) is 0 Å². The van der Waals surface area contributed by atoms with Crippen molar-refractivity contribution < 1.29 is 14.1 Å². The van der Waals surface area contributed by atoms with E-state index in [1.807, 2.05) is 60.7 Å². The number of benzene rings is 3. The first-order chi connectivity index (χ1) is 13.0. The molecule has 0 fully saturated rings. The monoisotopic (exact) mass is 364 g/mol. The van der Waals surface area contributed by atoms with Crippen LogP contribution in [-0.2, 0) is 4.79 Å². The lowest BCUT2D eigenvalue weighted by Crippen LogP contribution is -2.16. The molecule has 3 rings (SSSR count). The van der Waals surface area contributed by atoms with E-state index >= 15 is 0 Å². The van der Waals surface area contributed by atoms with Crippen LogP contribution in [0.4, 0.5) is 15.8 Å². The van der Waals surface area contributed by atoms with E-state index in [-0.39, 0.29) is 23.9 Å². The fourth-order valence-electron chi connectivity index (χ4n) is 2.93. The maximum Gasteiger partial charge on any atom is 0.306 e. The van der Waals surface area contributed by atoms with Gasteiger partial charge in [0, 0.05) is 24.1 Å². The molecule has 0 aromatic heterocycles. The molecule has 3 aromatic rings. The Hall–Kier alpha value is -3.54. The number of carbonyl (C=O) groups excluding carboxylic acids is 1. The first-order valence-electron chi connectivity index (χ1n) is 8.38. The maximum absolute atomic E-state index is 13.5. The van der Waals surface area contributed by atoms with Crippen LogP contribution >= 0.6 is 0 Å². The van der Waals surface area contributed by atoms with Gasteiger partial charge in [-0.15, -0.1) is 0 Å². The highest BCUT2D eigenvalue weighted by Gasteiger charge is 2.20. The van der Waals surface area contributed by atoms with Crippen LogP contribution in [0.1, 0.15) is 23.5 Å². The highest BCUT2D eigenvalue weighted by Crippen LogP contribution is 2.29. The average molecular weight is 364 g/mol. The van der Waals surface area contributed by atoms with Gasteiger partial charge in [0.25, 0.3) is 0 Å². The summed E-state index contributed by atoms with van der Waals surface area (Å²) in [6, 6.07) is 22.6. The Morgan fingerprint density at radius 1 is 0.963 bits per heavy atom. The molecule has 0 saturated heterocycles. The van der Waals surface area contributed by atoms with E-state index in [0.29, 0.717) is 0 Å². The molecule has 0 atom stereocenters. The first-order valence-corrected chi connectivity index (χ1v) is 8.38. The normalized spacial score (nSPS) is 10.6. The van der Waals surface area contributed by atoms with E-state index in [2.05, 4.69) is 5.32 Å². The average Bonchev–Trinajstić information content (AvgIpc) is 2.69. The summed E-state index contributed by atoms with van der Waals surface area (Å²) in [7, 11) is 0. The SMILES string of the molecule is O=C(CC(c1ccccc1)c1ccccc1)Nc1ccc(F)c([N+](=O)[O-])c1. The van der Waals surface area contributed by atoms with Crippen LogP contribution in [-0.4, -0.2) is 10.8 Å². The van der Waals surface area contributed by atoms with Crippen LogP contribution in [0.2, 0.25) is 0 Å². The number of anilines is 1. The second-order valence-corrected chi connectivity index (χ2v) is 6.05. The molecule has 0 aliphatic carbocycles. The molecular weight excluding hydrogens is 347 g/mol. The van der Waals surface area contributed by atoms with E-state index in [0.717, 1.165) is 23.3 Å². The fourth-order valence-corrected chi connectivity index (χ4v) is 2.93. The van der Waals surface area contributed by atoms with Crippen molar-refractivity contribution in [3.05, 3.63) is 106 Å². The number of nitrogens with zero attached hydrogens (tertiary/aromatic N) is 1. The summed E-state index contributed by atoms with van der Waals surface area (Å²) in [6.07, 6.45) is 0.152. The highest BCUT2D eigenvalue weighted by molar-refractivity contribution is 5.91. The van der Waals surface area contributed by atoms with Gasteiger partial charge >= 0.3 is 5.69 Å². The van der Waals surface area contributed by atoms with Crippen LogP contribution in [0.3, 0.4) is 0 Å². The number of hydrogen-bond acceptors (Lipinski definition) is 3. The molecule has 0 bridgehead atoms. The van der Waals surface area contributed by atoms with Crippen LogP contribution in [0.25, 0.3) is 0 Å². The van der Waals surface area contributed by atoms with Gasteiger partial charge in [0.1, 0.15) is 0 Å². The molecule has 1 N–H and O–H groups in total. The molecule has 1 amide bonds. The van der Waals surface area contributed by atoms with Gasteiger partial charge in [-0.25, -0.2) is 0 Å². The van der Waals surface area contributed by atoms with E-state index in [1.54, 1.807) is 0 Å². The third-order valence-electron chi connectivity index (χ3n) is 4.22. The van der Waals surface area contributed by atoms with Crippen LogP contribution in [0, 0.1) is 15.9 Å². The second-order valence-electron chi connectivity index (χ2n) is 6.05. The van der Waals surface area contributed by atoms with Gasteiger partial charge in [-0.1, -0.05) is 60.7 Å². The third kappa shape index (κ3) is 4.55. The zero-order valence-corrected chi connectivity index (χ0v) is 14.3. The molecule has 0 aliphatic rings. The van der Waals surface area contributed by atoms with Crippen molar-refractivity contribution in [2.45, 2.75) is 12.3 Å². The first kappa shape index (κ1) is 18.3. The van der Waals surface area contributed by atoms with E-state index in [1.165, 1.54) is 6.07 Å². The van der Waals surface area contributed by atoms with Gasteiger partial charge in [-0.2, -0.15) is 4.39 Å². The molecule has 0 heterocycles. The third-order valence-corrected chi connectivity index (χ3v) is 4.22. The summed E-state index contributed by atoms with van der Waals surface area (Å²) in [6.45, 7) is 0. The molecule has 0 aliphatic heterocycles. The number of carbonyl (C=O) groups is 1. The van der Waals surface area contributed by atoms with Crippen LogP contribution in [0.15, 0.2) is 78.9 Å². The number of hydrogen-bond donors (Lipinski definition) is 1. The molecule has 5 nitrogen and oxygen atoms in total. The molecule has 27 heavy (non-hydrogen) atoms. The van der Waals surface area contributed by atoms with Gasteiger partial charge in [0.15, 0.2) is 0 Å². The molecule has 0 radical (unpaired) electrons. The Balaban J connectivity index is 1.81. The van der Waals surface area contributed by atoms with E-state index < -0.39 is 16.4 Å². The Labute approximate surface area is 155 Å². The summed E-state index contributed by atoms with van der Waals surface area (Å²) in [5.74, 6) is -1.42. The predicted octanol–water partition coefficient (Wildman–Crippen LogP) is 4.89. The minimum atomic E-state index is -0.940. The highest BCUT2D eigenvalue weighted by atomic mass is 19.1. The number of nitro benzene ring substituents is 1. The van der Waals surface area contributed by atoms with Crippen molar-refractivity contribution >= 4 is 17.3 Å². The maximum atomic E-state index is 13.5. The molecule has 0 spiro atoms. The lowest BCUT2D eigenvalue weighted by atomic mass is 9.88. The number of nitro groups is 1. The summed E-state index contributed by atoms with van der Waals surface area (Å²) >= 11 is 0. The zero-order chi connectivity index (χ0) is 19.2. The zero-order valence-electron chi connectivity index (χ0n) is 14.3. The van der Waals surface area contributed by atoms with E-state index in [9.17, 15) is 19.3 Å². The molecule has 0 unspecified atom stereocenters. The number of halogens is 1. The lowest BCUT2D eigenvalue weighted by Gasteiger charge is -2.18. The lowest BCUT2D eigenvalue weighted by molar-refractivity contribution is -0.387. The summed E-state index contributed by atoms with van der Waals surface area (Å²) in [5.41, 5.74) is 1.50. The predicted molar refractivity (Wildman–Crippen MR) is 101 cm³/mol. The quantitative estimate of drug-likeness (QED) is 0.500. The molecule has 3 aromatic carbocycles.